The van der Waals surface area contributed by atoms with E-state index in [1.54, 1.807) is 0 Å². The third-order valence-corrected chi connectivity index (χ3v) is 6.32. The quantitative estimate of drug-likeness (QED) is 0.477. The van der Waals surface area contributed by atoms with Crippen molar-refractivity contribution in [1.29, 1.82) is 0 Å². The Balaban J connectivity index is 1.67. The Morgan fingerprint density at radius 3 is 2.59 bits per heavy atom. The number of ether oxygens (including phenoxy) is 1. The van der Waals surface area contributed by atoms with Crippen LogP contribution in [0.25, 0.3) is 6.08 Å². The topological polar surface area (TPSA) is 44.8 Å². The average Bonchev–Trinajstić information content (AvgIpc) is 2.72. The second-order valence-corrected chi connectivity index (χ2v) is 8.53. The molecule has 152 valence electrons. The minimum Gasteiger partial charge on any atom is -0.457 e. The summed E-state index contributed by atoms with van der Waals surface area (Å²) in [6.45, 7) is 3.36. The van der Waals surface area contributed by atoms with Crippen LogP contribution in [0.3, 0.4) is 0 Å². The van der Waals surface area contributed by atoms with Gasteiger partial charge < -0.3 is 4.74 Å². The van der Waals surface area contributed by atoms with Crippen LogP contribution in [0.5, 0.6) is 0 Å². The van der Waals surface area contributed by atoms with Gasteiger partial charge in [-0.2, -0.15) is 0 Å². The maximum Gasteiger partial charge on any atom is 0.303 e. The molecule has 1 saturated heterocycles. The summed E-state index contributed by atoms with van der Waals surface area (Å²) < 4.78 is 5.60. The van der Waals surface area contributed by atoms with E-state index < -0.39 is 11.2 Å². The minimum atomic E-state index is -0.699. The fraction of sp³-hybridized carbons (Fsp3) is 0.375. The van der Waals surface area contributed by atoms with Crippen molar-refractivity contribution in [2.45, 2.75) is 50.4 Å². The highest BCUT2D eigenvalue weighted by molar-refractivity contribution is 6.30. The van der Waals surface area contributed by atoms with Crippen LogP contribution in [0.1, 0.15) is 44.2 Å². The van der Waals surface area contributed by atoms with Gasteiger partial charge in [0.15, 0.2) is 0 Å². The molecule has 2 bridgehead atoms. The Hall–Kier alpha value is -2.14. The average molecular weight is 413 g/mol. The second kappa shape index (κ2) is 7.94. The lowest BCUT2D eigenvalue weighted by atomic mass is 9.67. The molecule has 0 amide bonds. The van der Waals surface area contributed by atoms with Gasteiger partial charge >= 0.3 is 5.97 Å². The molecule has 1 heterocycles. The highest BCUT2D eigenvalue weighted by Gasteiger charge is 2.55. The number of halogens is 1. The normalized spacial score (nSPS) is 31.6. The lowest BCUT2D eigenvalue weighted by molar-refractivity contribution is -0.443. The molecule has 29 heavy (non-hydrogen) atoms. The van der Waals surface area contributed by atoms with E-state index >= 15 is 0 Å². The molecule has 5 heteroatoms. The van der Waals surface area contributed by atoms with E-state index in [-0.39, 0.29) is 18.0 Å². The van der Waals surface area contributed by atoms with Gasteiger partial charge in [-0.25, -0.2) is 9.78 Å². The Kier molecular flexibility index (Phi) is 5.52. The first-order chi connectivity index (χ1) is 13.9. The largest absolute Gasteiger partial charge is 0.457 e. The Morgan fingerprint density at radius 1 is 1.17 bits per heavy atom. The van der Waals surface area contributed by atoms with Crippen LogP contribution in [0.4, 0.5) is 0 Å². The third-order valence-electron chi connectivity index (χ3n) is 6.07. The van der Waals surface area contributed by atoms with Gasteiger partial charge in [-0.3, -0.25) is 4.79 Å². The summed E-state index contributed by atoms with van der Waals surface area (Å²) in [4.78, 5) is 23.6. The van der Waals surface area contributed by atoms with Crippen LogP contribution in [-0.2, 0) is 24.9 Å². The van der Waals surface area contributed by atoms with Gasteiger partial charge in [0, 0.05) is 17.9 Å². The van der Waals surface area contributed by atoms with E-state index in [1.165, 1.54) is 6.92 Å². The molecule has 1 aliphatic carbocycles. The molecule has 4 atom stereocenters. The first-order valence-corrected chi connectivity index (χ1v) is 10.3. The predicted molar refractivity (Wildman–Crippen MR) is 112 cm³/mol. The Morgan fingerprint density at radius 2 is 1.90 bits per heavy atom. The number of rotatable bonds is 4. The highest BCUT2D eigenvalue weighted by Crippen LogP contribution is 2.51. The second-order valence-electron chi connectivity index (χ2n) is 8.09. The van der Waals surface area contributed by atoms with Gasteiger partial charge in [0.2, 0.25) is 0 Å². The number of esters is 1. The van der Waals surface area contributed by atoms with E-state index in [9.17, 15) is 4.79 Å². The molecule has 1 aliphatic heterocycles. The van der Waals surface area contributed by atoms with Crippen LogP contribution in [0, 0.1) is 5.92 Å². The fourth-order valence-electron chi connectivity index (χ4n) is 4.47. The molecule has 4 rings (SSSR count). The molecule has 1 saturated carbocycles. The molecule has 0 N–H and O–H groups in total. The molecular weight excluding hydrogens is 388 g/mol. The molecule has 0 spiro atoms. The minimum absolute atomic E-state index is 0.204. The Bertz CT molecular complexity index is 895. The molecule has 0 aromatic heterocycles. The lowest BCUT2D eigenvalue weighted by Gasteiger charge is -2.52. The maximum absolute atomic E-state index is 11.6. The smallest absolute Gasteiger partial charge is 0.303 e. The monoisotopic (exact) mass is 412 g/mol. The van der Waals surface area contributed by atoms with Crippen LogP contribution in [0.2, 0.25) is 5.02 Å². The first-order valence-electron chi connectivity index (χ1n) is 9.96. The van der Waals surface area contributed by atoms with Gasteiger partial charge in [0.25, 0.3) is 0 Å². The van der Waals surface area contributed by atoms with E-state index in [4.69, 9.17) is 26.1 Å². The van der Waals surface area contributed by atoms with Gasteiger partial charge in [0.05, 0.1) is 0 Å². The Labute approximate surface area is 176 Å². The van der Waals surface area contributed by atoms with Crippen LogP contribution in [0.15, 0.2) is 60.7 Å². The summed E-state index contributed by atoms with van der Waals surface area (Å²) in [6, 6.07) is 17.8. The summed E-state index contributed by atoms with van der Waals surface area (Å²) >= 11 is 6.01. The number of hydrogen-bond acceptors (Lipinski definition) is 4. The number of hydrogen-bond donors (Lipinski definition) is 0. The molecule has 4 nitrogen and oxygen atoms in total. The van der Waals surface area contributed by atoms with Crippen molar-refractivity contribution in [3.8, 4) is 0 Å². The first kappa shape index (κ1) is 20.1. The molecule has 2 aromatic carbocycles. The van der Waals surface area contributed by atoms with Crippen molar-refractivity contribution >= 4 is 23.6 Å². The van der Waals surface area contributed by atoms with Gasteiger partial charge in [-0.15, -0.1) is 0 Å². The van der Waals surface area contributed by atoms with Crippen LogP contribution >= 0.6 is 11.6 Å². The van der Waals surface area contributed by atoms with Crippen molar-refractivity contribution in [2.24, 2.45) is 5.92 Å². The summed E-state index contributed by atoms with van der Waals surface area (Å²) in [7, 11) is 0. The number of fused-ring (bicyclic) bond motifs is 2. The van der Waals surface area contributed by atoms with E-state index in [0.29, 0.717) is 5.02 Å². The number of benzene rings is 2. The van der Waals surface area contributed by atoms with Crippen molar-refractivity contribution in [1.82, 2.24) is 0 Å². The van der Waals surface area contributed by atoms with Crippen molar-refractivity contribution < 1.29 is 19.3 Å². The summed E-state index contributed by atoms with van der Waals surface area (Å²) in [5.41, 5.74) is 0.723. The molecule has 2 aromatic rings. The third kappa shape index (κ3) is 3.97. The zero-order chi connectivity index (χ0) is 20.5. The maximum atomic E-state index is 11.6. The lowest BCUT2D eigenvalue weighted by Crippen LogP contribution is -2.57. The van der Waals surface area contributed by atoms with Gasteiger partial charge in [-0.05, 0) is 55.5 Å². The SMILES string of the molecule is CC(=O)O[C@]1(C)CC[C@@H]2C[C@H]1OO[C@]2(/C=C\c1ccc(Cl)cc1)c1ccccc1. The highest BCUT2D eigenvalue weighted by atomic mass is 35.5. The van der Waals surface area contributed by atoms with E-state index in [0.717, 1.165) is 30.4 Å². The predicted octanol–water partition coefficient (Wildman–Crippen LogP) is 5.70. The van der Waals surface area contributed by atoms with Crippen LogP contribution in [-0.4, -0.2) is 17.7 Å². The molecule has 2 aliphatic rings. The molecule has 2 fully saturated rings. The van der Waals surface area contributed by atoms with Crippen molar-refractivity contribution in [3.63, 3.8) is 0 Å². The standard InChI is InChI=1S/C24H25ClO4/c1-17(26)27-23(2)14-13-20-16-22(23)28-29-24(20,19-6-4-3-5-7-19)15-12-18-8-10-21(25)11-9-18/h3-12,15,20,22H,13-14,16H2,1-2H3/b15-12-/t20-,22-,23-,24-/m1/s1. The summed E-state index contributed by atoms with van der Waals surface area (Å²) in [5, 5.41) is 0.706. The van der Waals surface area contributed by atoms with Gasteiger partial charge in [0.1, 0.15) is 17.3 Å². The van der Waals surface area contributed by atoms with Gasteiger partial charge in [-0.1, -0.05) is 60.1 Å². The van der Waals surface area contributed by atoms with Crippen LogP contribution < -0.4 is 0 Å². The van der Waals surface area contributed by atoms with Crippen molar-refractivity contribution in [3.05, 3.63) is 76.8 Å². The summed E-state index contributed by atoms with van der Waals surface area (Å²) in [6.07, 6.45) is 6.20. The van der Waals surface area contributed by atoms with Crippen molar-refractivity contribution in [2.75, 3.05) is 0 Å². The summed E-state index contributed by atoms with van der Waals surface area (Å²) in [5.74, 6) is -0.0899. The molecule has 0 radical (unpaired) electrons. The van der Waals surface area contributed by atoms with E-state index in [1.807, 2.05) is 55.5 Å². The molecular formula is C24H25ClO4. The number of carbonyl (C=O) groups excluding carboxylic acids is 1. The molecule has 0 unspecified atom stereocenters. The zero-order valence-electron chi connectivity index (χ0n) is 16.6. The number of carbonyl (C=O) groups is 1. The van der Waals surface area contributed by atoms with E-state index in [2.05, 4.69) is 18.2 Å². The fourth-order valence-corrected chi connectivity index (χ4v) is 4.59. The zero-order valence-corrected chi connectivity index (χ0v) is 17.4.